The van der Waals surface area contributed by atoms with Gasteiger partial charge in [-0.2, -0.15) is 0 Å². The topological polar surface area (TPSA) is 88.7 Å². The third kappa shape index (κ3) is 9.09. The van der Waals surface area contributed by atoms with E-state index in [4.69, 9.17) is 29.9 Å². The average molecular weight is 1240 g/mol. The van der Waals surface area contributed by atoms with Crippen LogP contribution in [0.25, 0.3) is 118 Å². The molecule has 16 aromatic rings. The minimum atomic E-state index is -0.244. The van der Waals surface area contributed by atoms with Crippen LogP contribution < -0.4 is 26.2 Å². The number of benzene rings is 13. The van der Waals surface area contributed by atoms with Gasteiger partial charge in [0.25, 0.3) is 6.71 Å². The number of hydrogen-bond donors (Lipinski definition) is 0. The average Bonchev–Trinajstić information content (AvgIpc) is 0.912. The number of fused-ring (bicyclic) bond motifs is 10. The predicted octanol–water partition coefficient (Wildman–Crippen LogP) is 19.2. The summed E-state index contributed by atoms with van der Waals surface area (Å²) in [5.74, 6) is 3.24. The summed E-state index contributed by atoms with van der Waals surface area (Å²) in [5.41, 5.74) is 25.8. The molecule has 454 valence electrons. The zero-order valence-corrected chi connectivity index (χ0v) is 53.1. The van der Waals surface area contributed by atoms with Crippen molar-refractivity contribution in [1.82, 2.24) is 34.5 Å². The molecule has 10 heteroatoms. The summed E-state index contributed by atoms with van der Waals surface area (Å²) in [4.78, 5) is 37.1. The number of anilines is 6. The SMILES string of the molecule is CC1(C)c2ccccc2-c2cc3c4ccccc4n(-c4ccc(-c5nc(-c6ccccc6)nc(-c6ccccc6)n5)cc4-c4nc(-c5ccccc5)nc(-c5cccc(-c6cccc(N7c8ccccc8B8c9ccccc9N(c9ccccc9)c9cccc7c98)c6)c5)n4)c3cc21. The van der Waals surface area contributed by atoms with Crippen molar-refractivity contribution in [3.05, 3.63) is 327 Å². The minimum Gasteiger partial charge on any atom is -0.311 e. The molecular weight excluding hydrogens is 1180 g/mol. The van der Waals surface area contributed by atoms with Gasteiger partial charge in [0.2, 0.25) is 0 Å². The Morgan fingerprint density at radius 1 is 0.268 bits per heavy atom. The van der Waals surface area contributed by atoms with E-state index in [0.717, 1.165) is 94.8 Å². The molecule has 9 nitrogen and oxygen atoms in total. The molecule has 13 aromatic carbocycles. The van der Waals surface area contributed by atoms with E-state index in [1.807, 2.05) is 78.9 Å². The van der Waals surface area contributed by atoms with Crippen molar-refractivity contribution in [2.45, 2.75) is 19.3 Å². The number of nitrogens with zero attached hydrogens (tertiary/aromatic N) is 9. The van der Waals surface area contributed by atoms with Crippen molar-refractivity contribution in [3.63, 3.8) is 0 Å². The Balaban J connectivity index is 0.794. The van der Waals surface area contributed by atoms with E-state index in [1.165, 1.54) is 50.0 Å². The van der Waals surface area contributed by atoms with Gasteiger partial charge in [-0.1, -0.05) is 238 Å². The zero-order valence-electron chi connectivity index (χ0n) is 53.1. The molecule has 0 N–H and O–H groups in total. The molecule has 0 saturated heterocycles. The van der Waals surface area contributed by atoms with Crippen LogP contribution in [0.15, 0.2) is 315 Å². The monoisotopic (exact) mass is 1240 g/mol. The van der Waals surface area contributed by atoms with Gasteiger partial charge in [-0.15, -0.1) is 0 Å². The van der Waals surface area contributed by atoms with Crippen molar-refractivity contribution >= 4 is 79.0 Å². The zero-order chi connectivity index (χ0) is 64.3. The van der Waals surface area contributed by atoms with E-state index in [2.05, 4.69) is 265 Å². The summed E-state index contributed by atoms with van der Waals surface area (Å²) in [6.45, 7) is 4.73. The highest BCUT2D eigenvalue weighted by molar-refractivity contribution is 7.00. The lowest BCUT2D eigenvalue weighted by molar-refractivity contribution is 0.661. The fourth-order valence-electron chi connectivity index (χ4n) is 15.4. The highest BCUT2D eigenvalue weighted by atomic mass is 15.2. The Labute approximate surface area is 562 Å². The summed E-state index contributed by atoms with van der Waals surface area (Å²) in [5, 5.41) is 2.31. The van der Waals surface area contributed by atoms with Crippen LogP contribution in [0, 0.1) is 0 Å². The number of rotatable bonds is 10. The van der Waals surface area contributed by atoms with Crippen LogP contribution in [0.3, 0.4) is 0 Å². The first-order valence-corrected chi connectivity index (χ1v) is 33.0. The second kappa shape index (κ2) is 22.3. The molecule has 97 heavy (non-hydrogen) atoms. The van der Waals surface area contributed by atoms with Crippen molar-refractivity contribution in [3.8, 4) is 96.3 Å². The molecule has 0 spiro atoms. The van der Waals surface area contributed by atoms with Crippen LogP contribution >= 0.6 is 0 Å². The molecule has 0 fully saturated rings. The van der Waals surface area contributed by atoms with E-state index in [0.29, 0.717) is 34.9 Å². The van der Waals surface area contributed by atoms with E-state index >= 15 is 0 Å². The van der Waals surface area contributed by atoms with E-state index in [9.17, 15) is 0 Å². The summed E-state index contributed by atoms with van der Waals surface area (Å²) in [7, 11) is 0. The summed E-state index contributed by atoms with van der Waals surface area (Å²) in [6, 6.07) is 112. The predicted molar refractivity (Wildman–Crippen MR) is 397 cm³/mol. The maximum Gasteiger partial charge on any atom is 0.252 e. The van der Waals surface area contributed by atoms with Gasteiger partial charge in [-0.25, -0.2) is 29.9 Å². The normalized spacial score (nSPS) is 13.1. The molecule has 19 rings (SSSR count). The second-order valence-electron chi connectivity index (χ2n) is 25.8. The van der Waals surface area contributed by atoms with Crippen LogP contribution in [-0.4, -0.2) is 41.2 Å². The lowest BCUT2D eigenvalue weighted by Crippen LogP contribution is -2.61. The molecule has 1 aliphatic carbocycles. The number of para-hydroxylation sites is 4. The molecule has 0 radical (unpaired) electrons. The third-order valence-electron chi connectivity index (χ3n) is 19.9. The Hall–Kier alpha value is -12.7. The number of aromatic nitrogens is 7. The Morgan fingerprint density at radius 3 is 1.36 bits per heavy atom. The maximum atomic E-state index is 5.65. The van der Waals surface area contributed by atoms with Crippen molar-refractivity contribution in [2.24, 2.45) is 0 Å². The smallest absolute Gasteiger partial charge is 0.252 e. The quantitative estimate of drug-likeness (QED) is 0.125. The molecule has 0 atom stereocenters. The van der Waals surface area contributed by atoms with Gasteiger partial charge in [0.15, 0.2) is 34.9 Å². The largest absolute Gasteiger partial charge is 0.311 e. The minimum absolute atomic E-state index is 0.0386. The van der Waals surface area contributed by atoms with Gasteiger partial charge < -0.3 is 14.4 Å². The van der Waals surface area contributed by atoms with Crippen molar-refractivity contribution in [2.75, 3.05) is 9.80 Å². The Kier molecular flexibility index (Phi) is 12.8. The lowest BCUT2D eigenvalue weighted by Gasteiger charge is -2.44. The van der Waals surface area contributed by atoms with Crippen LogP contribution in [0.4, 0.5) is 34.1 Å². The van der Waals surface area contributed by atoms with Crippen LogP contribution in [0.1, 0.15) is 25.0 Å². The standard InChI is InChI=1S/C87H58BN9/c1-87(2)69-40-17-15-38-64(69)66-53-67-65-39-16-20-43-73(65)97(79(67)54-70(66)87)74-49-48-61(85-90-81(55-26-7-3-8-27-55)89-82(91-85)56-28-9-4-10-29-56)52-68(74)86-93-83(57-30-11-5-12-31-57)92-84(94-86)60-34-23-32-58(50-60)59-33-24-37-63(51-59)96-76-45-22-19-42-72(76)88-71-41-18-21-44-75(71)95(62-35-13-6-14-36-62)77-46-25-47-78(96)80(77)88/h3-54H,1-2H3. The Morgan fingerprint density at radius 2 is 0.722 bits per heavy atom. The van der Waals surface area contributed by atoms with Gasteiger partial charge in [-0.3, -0.25) is 0 Å². The van der Waals surface area contributed by atoms with Crippen molar-refractivity contribution in [1.29, 1.82) is 0 Å². The molecule has 3 aromatic heterocycles. The highest BCUT2D eigenvalue weighted by Crippen LogP contribution is 2.52. The molecule has 2 aliphatic heterocycles. The summed E-state index contributed by atoms with van der Waals surface area (Å²) >= 11 is 0. The fourth-order valence-corrected chi connectivity index (χ4v) is 15.4. The highest BCUT2D eigenvalue weighted by Gasteiger charge is 2.43. The fraction of sp³-hybridized carbons (Fsp3) is 0.0345. The third-order valence-corrected chi connectivity index (χ3v) is 19.9. The van der Waals surface area contributed by atoms with E-state index < -0.39 is 0 Å². The van der Waals surface area contributed by atoms with Crippen LogP contribution in [-0.2, 0) is 5.41 Å². The molecule has 0 unspecified atom stereocenters. The Bertz CT molecular complexity index is 5780. The molecule has 0 amide bonds. The molecule has 0 saturated carbocycles. The first-order chi connectivity index (χ1) is 47.9. The molecule has 5 heterocycles. The molecule has 0 bridgehead atoms. The van der Waals surface area contributed by atoms with Gasteiger partial charge in [0.1, 0.15) is 0 Å². The van der Waals surface area contributed by atoms with Gasteiger partial charge in [0, 0.05) is 83.7 Å². The molecular formula is C87H58BN9. The van der Waals surface area contributed by atoms with Gasteiger partial charge in [0.05, 0.1) is 16.7 Å². The van der Waals surface area contributed by atoms with Gasteiger partial charge in [-0.05, 0) is 141 Å². The van der Waals surface area contributed by atoms with Crippen LogP contribution in [0.2, 0.25) is 0 Å². The van der Waals surface area contributed by atoms with Gasteiger partial charge >= 0.3 is 0 Å². The maximum absolute atomic E-state index is 5.65. The summed E-state index contributed by atoms with van der Waals surface area (Å²) < 4.78 is 2.41. The van der Waals surface area contributed by atoms with E-state index in [-0.39, 0.29) is 12.1 Å². The van der Waals surface area contributed by atoms with E-state index in [1.54, 1.807) is 0 Å². The van der Waals surface area contributed by atoms with Crippen LogP contribution in [0.5, 0.6) is 0 Å². The second-order valence-corrected chi connectivity index (χ2v) is 25.8. The molecule has 3 aliphatic rings. The lowest BCUT2D eigenvalue weighted by atomic mass is 9.33. The van der Waals surface area contributed by atoms with Crippen molar-refractivity contribution < 1.29 is 0 Å². The summed E-state index contributed by atoms with van der Waals surface area (Å²) in [6.07, 6.45) is 0. The first-order valence-electron chi connectivity index (χ1n) is 33.0. The first kappa shape index (κ1) is 55.9. The number of hydrogen-bond acceptors (Lipinski definition) is 8.